The second kappa shape index (κ2) is 7.27. The first kappa shape index (κ1) is 17.3. The van der Waals surface area contributed by atoms with Crippen molar-refractivity contribution in [1.29, 1.82) is 0 Å². The van der Waals surface area contributed by atoms with E-state index in [2.05, 4.69) is 23.2 Å². The summed E-state index contributed by atoms with van der Waals surface area (Å²) in [6, 6.07) is 15.6. The molecular formula is C22H22N2O3. The molecule has 0 aliphatic carbocycles. The molecule has 0 N–H and O–H groups in total. The minimum Gasteiger partial charge on any atom is -0.493 e. The molecule has 1 aliphatic heterocycles. The summed E-state index contributed by atoms with van der Waals surface area (Å²) in [6.45, 7) is 1.41. The van der Waals surface area contributed by atoms with Gasteiger partial charge in [0.1, 0.15) is 0 Å². The lowest BCUT2D eigenvalue weighted by Crippen LogP contribution is -2.28. The number of methoxy groups -OCH3 is 2. The van der Waals surface area contributed by atoms with E-state index in [0.29, 0.717) is 23.6 Å². The van der Waals surface area contributed by atoms with E-state index >= 15 is 0 Å². The molecule has 2 heterocycles. The fraction of sp³-hybridized carbons (Fsp3) is 0.273. The van der Waals surface area contributed by atoms with Crippen LogP contribution in [0.3, 0.4) is 0 Å². The van der Waals surface area contributed by atoms with Crippen molar-refractivity contribution in [2.75, 3.05) is 27.3 Å². The molecule has 1 atom stereocenters. The summed E-state index contributed by atoms with van der Waals surface area (Å²) >= 11 is 0. The van der Waals surface area contributed by atoms with Crippen LogP contribution in [-0.4, -0.2) is 43.1 Å². The van der Waals surface area contributed by atoms with Crippen molar-refractivity contribution in [2.45, 2.75) is 12.3 Å². The highest BCUT2D eigenvalue weighted by Gasteiger charge is 2.29. The van der Waals surface area contributed by atoms with Crippen LogP contribution in [0.2, 0.25) is 0 Å². The SMILES string of the molecule is COc1ccc(C(=O)N2CCC(c3cc4ccccc4cn3)C2)cc1OC. The molecule has 1 unspecified atom stereocenters. The number of fused-ring (bicyclic) bond motifs is 1. The van der Waals surface area contributed by atoms with Gasteiger partial charge in [-0.3, -0.25) is 9.78 Å². The Bertz CT molecular complexity index is 986. The normalized spacial score (nSPS) is 16.5. The predicted molar refractivity (Wildman–Crippen MR) is 105 cm³/mol. The quantitative estimate of drug-likeness (QED) is 0.707. The second-order valence-corrected chi connectivity index (χ2v) is 6.76. The summed E-state index contributed by atoms with van der Waals surface area (Å²) in [7, 11) is 3.16. The number of rotatable bonds is 4. The Morgan fingerprint density at radius 1 is 1.04 bits per heavy atom. The zero-order valence-electron chi connectivity index (χ0n) is 15.5. The standard InChI is InChI=1S/C22H22N2O3/c1-26-20-8-7-16(12-21(20)27-2)22(25)24-10-9-18(14-24)19-11-15-5-3-4-6-17(15)13-23-19/h3-8,11-13,18H,9-10,14H2,1-2H3. The van der Waals surface area contributed by atoms with Crippen molar-refractivity contribution in [3.05, 3.63) is 66.0 Å². The third-order valence-corrected chi connectivity index (χ3v) is 5.18. The molecule has 1 aliphatic rings. The molecule has 0 radical (unpaired) electrons. The van der Waals surface area contributed by atoms with Gasteiger partial charge < -0.3 is 14.4 Å². The maximum Gasteiger partial charge on any atom is 0.254 e. The Labute approximate surface area is 158 Å². The minimum atomic E-state index is 0.0132. The predicted octanol–water partition coefficient (Wildman–Crippen LogP) is 3.88. The lowest BCUT2D eigenvalue weighted by molar-refractivity contribution is 0.0790. The summed E-state index contributed by atoms with van der Waals surface area (Å²) in [6.07, 6.45) is 2.84. The average Bonchev–Trinajstić information content (AvgIpc) is 3.22. The van der Waals surface area contributed by atoms with Crippen molar-refractivity contribution in [2.24, 2.45) is 0 Å². The van der Waals surface area contributed by atoms with Crippen LogP contribution in [0.4, 0.5) is 0 Å². The van der Waals surface area contributed by atoms with E-state index in [1.807, 2.05) is 23.2 Å². The minimum absolute atomic E-state index is 0.0132. The molecule has 4 rings (SSSR count). The van der Waals surface area contributed by atoms with Crippen LogP contribution in [0.5, 0.6) is 11.5 Å². The lowest BCUT2D eigenvalue weighted by atomic mass is 10.0. The van der Waals surface area contributed by atoms with Crippen LogP contribution in [0.25, 0.3) is 10.8 Å². The number of pyridine rings is 1. The number of hydrogen-bond acceptors (Lipinski definition) is 4. The highest BCUT2D eigenvalue weighted by atomic mass is 16.5. The van der Waals surface area contributed by atoms with Crippen LogP contribution in [0.15, 0.2) is 54.7 Å². The number of hydrogen-bond donors (Lipinski definition) is 0. The van der Waals surface area contributed by atoms with Crippen LogP contribution >= 0.6 is 0 Å². The van der Waals surface area contributed by atoms with Crippen molar-refractivity contribution in [1.82, 2.24) is 9.88 Å². The molecule has 3 aromatic rings. The fourth-order valence-electron chi connectivity index (χ4n) is 3.66. The number of ether oxygens (including phenoxy) is 2. The number of nitrogens with zero attached hydrogens (tertiary/aromatic N) is 2. The summed E-state index contributed by atoms with van der Waals surface area (Å²) < 4.78 is 10.6. The van der Waals surface area contributed by atoms with Gasteiger partial charge in [0.15, 0.2) is 11.5 Å². The molecular weight excluding hydrogens is 340 g/mol. The maximum absolute atomic E-state index is 12.9. The van der Waals surface area contributed by atoms with Gasteiger partial charge in [0.2, 0.25) is 0 Å². The number of amides is 1. The highest BCUT2D eigenvalue weighted by molar-refractivity contribution is 5.95. The molecule has 27 heavy (non-hydrogen) atoms. The molecule has 5 nitrogen and oxygen atoms in total. The topological polar surface area (TPSA) is 51.7 Å². The van der Waals surface area contributed by atoms with Crippen molar-refractivity contribution < 1.29 is 14.3 Å². The highest BCUT2D eigenvalue weighted by Crippen LogP contribution is 2.31. The Morgan fingerprint density at radius 3 is 2.59 bits per heavy atom. The molecule has 1 fully saturated rings. The summed E-state index contributed by atoms with van der Waals surface area (Å²) in [4.78, 5) is 19.4. The van der Waals surface area contributed by atoms with Gasteiger partial charge in [0.05, 0.1) is 14.2 Å². The van der Waals surface area contributed by atoms with E-state index in [0.717, 1.165) is 24.0 Å². The lowest BCUT2D eigenvalue weighted by Gasteiger charge is -2.18. The third-order valence-electron chi connectivity index (χ3n) is 5.18. The van der Waals surface area contributed by atoms with E-state index in [4.69, 9.17) is 9.47 Å². The first-order chi connectivity index (χ1) is 13.2. The second-order valence-electron chi connectivity index (χ2n) is 6.76. The molecule has 0 saturated carbocycles. The number of aromatic nitrogens is 1. The average molecular weight is 362 g/mol. The van der Waals surface area contributed by atoms with Crippen LogP contribution in [0, 0.1) is 0 Å². The van der Waals surface area contributed by atoms with Crippen molar-refractivity contribution in [3.8, 4) is 11.5 Å². The maximum atomic E-state index is 12.9. The van der Waals surface area contributed by atoms with Crippen molar-refractivity contribution in [3.63, 3.8) is 0 Å². The zero-order valence-corrected chi connectivity index (χ0v) is 15.5. The monoisotopic (exact) mass is 362 g/mol. The van der Waals surface area contributed by atoms with E-state index in [1.165, 1.54) is 5.39 Å². The number of carbonyl (C=O) groups is 1. The largest absolute Gasteiger partial charge is 0.493 e. The molecule has 1 saturated heterocycles. The van der Waals surface area contributed by atoms with E-state index in [9.17, 15) is 4.79 Å². The Hall–Kier alpha value is -3.08. The molecule has 1 amide bonds. The fourth-order valence-corrected chi connectivity index (χ4v) is 3.66. The number of likely N-dealkylation sites (tertiary alicyclic amines) is 1. The van der Waals surface area contributed by atoms with Gasteiger partial charge in [-0.15, -0.1) is 0 Å². The molecule has 5 heteroatoms. The Balaban J connectivity index is 1.52. The van der Waals surface area contributed by atoms with Crippen LogP contribution in [-0.2, 0) is 0 Å². The Kier molecular flexibility index (Phi) is 4.67. The van der Waals surface area contributed by atoms with Gasteiger partial charge >= 0.3 is 0 Å². The van der Waals surface area contributed by atoms with E-state index in [-0.39, 0.29) is 11.8 Å². The number of benzene rings is 2. The van der Waals surface area contributed by atoms with Gasteiger partial charge in [-0.05, 0) is 36.1 Å². The first-order valence-electron chi connectivity index (χ1n) is 9.05. The van der Waals surface area contributed by atoms with E-state index in [1.54, 1.807) is 32.4 Å². The Morgan fingerprint density at radius 2 is 1.81 bits per heavy atom. The number of carbonyl (C=O) groups excluding carboxylic acids is 1. The van der Waals surface area contributed by atoms with E-state index < -0.39 is 0 Å². The van der Waals surface area contributed by atoms with Crippen LogP contribution < -0.4 is 9.47 Å². The summed E-state index contributed by atoms with van der Waals surface area (Å²) in [5.41, 5.74) is 1.66. The molecule has 138 valence electrons. The van der Waals surface area contributed by atoms with Gasteiger partial charge in [-0.2, -0.15) is 0 Å². The summed E-state index contributed by atoms with van der Waals surface area (Å²) in [5.74, 6) is 1.46. The van der Waals surface area contributed by atoms with Crippen LogP contribution in [0.1, 0.15) is 28.4 Å². The molecule has 0 bridgehead atoms. The molecule has 0 spiro atoms. The molecule has 2 aromatic carbocycles. The van der Waals surface area contributed by atoms with Crippen molar-refractivity contribution >= 4 is 16.7 Å². The van der Waals surface area contributed by atoms with Gasteiger partial charge in [-0.25, -0.2) is 0 Å². The first-order valence-corrected chi connectivity index (χ1v) is 9.05. The summed E-state index contributed by atoms with van der Waals surface area (Å²) in [5, 5.41) is 2.32. The zero-order chi connectivity index (χ0) is 18.8. The third kappa shape index (κ3) is 3.33. The van der Waals surface area contributed by atoms with Gasteiger partial charge in [0, 0.05) is 41.8 Å². The molecule has 1 aromatic heterocycles. The smallest absolute Gasteiger partial charge is 0.254 e. The van der Waals surface area contributed by atoms with Gasteiger partial charge in [-0.1, -0.05) is 24.3 Å². The van der Waals surface area contributed by atoms with Gasteiger partial charge in [0.25, 0.3) is 5.91 Å².